The van der Waals surface area contributed by atoms with Crippen LogP contribution in [0.5, 0.6) is 0 Å². The van der Waals surface area contributed by atoms with E-state index in [4.69, 9.17) is 0 Å². The Labute approximate surface area is 127 Å². The van der Waals surface area contributed by atoms with Crippen LogP contribution in [0, 0.1) is 13.8 Å². The first kappa shape index (κ1) is 15.0. The normalized spacial score (nSPS) is 12.2. The van der Waals surface area contributed by atoms with Gasteiger partial charge in [0.2, 0.25) is 5.91 Å². The zero-order chi connectivity index (χ0) is 14.5. The fourth-order valence-corrected chi connectivity index (χ4v) is 3.61. The Bertz CT molecular complexity index is 580. The van der Waals surface area contributed by atoms with Gasteiger partial charge in [0.1, 0.15) is 5.01 Å². The number of hydrogen-bond acceptors (Lipinski definition) is 5. The number of aromatic nitrogens is 2. The quantitative estimate of drug-likeness (QED) is 0.856. The van der Waals surface area contributed by atoms with Gasteiger partial charge in [-0.2, -0.15) is 0 Å². The highest BCUT2D eigenvalue weighted by molar-refractivity contribution is 8.02. The van der Waals surface area contributed by atoms with Crippen LogP contribution >= 0.6 is 23.1 Å². The number of carbonyl (C=O) groups excluding carboxylic acids is 1. The van der Waals surface area contributed by atoms with E-state index in [2.05, 4.69) is 15.5 Å². The third kappa shape index (κ3) is 4.05. The minimum atomic E-state index is -0.149. The van der Waals surface area contributed by atoms with Gasteiger partial charge in [0.05, 0.1) is 5.25 Å². The largest absolute Gasteiger partial charge is 0.325 e. The summed E-state index contributed by atoms with van der Waals surface area (Å²) in [5.41, 5.74) is 2.00. The number of carbonyl (C=O) groups is 1. The SMILES string of the molecule is CCC(Sc1nnc(C)s1)C(=O)Nc1ccc(C)cc1. The minimum Gasteiger partial charge on any atom is -0.325 e. The van der Waals surface area contributed by atoms with E-state index in [-0.39, 0.29) is 11.2 Å². The molecule has 20 heavy (non-hydrogen) atoms. The van der Waals surface area contributed by atoms with E-state index in [0.717, 1.165) is 21.5 Å². The van der Waals surface area contributed by atoms with E-state index in [9.17, 15) is 4.79 Å². The van der Waals surface area contributed by atoms with Gasteiger partial charge < -0.3 is 5.32 Å². The van der Waals surface area contributed by atoms with E-state index in [1.165, 1.54) is 28.7 Å². The molecule has 2 rings (SSSR count). The molecule has 1 aromatic carbocycles. The molecule has 2 aromatic rings. The number of amides is 1. The van der Waals surface area contributed by atoms with Crippen molar-refractivity contribution in [3.8, 4) is 0 Å². The summed E-state index contributed by atoms with van der Waals surface area (Å²) in [6, 6.07) is 7.80. The Morgan fingerprint density at radius 1 is 1.30 bits per heavy atom. The van der Waals surface area contributed by atoms with Crippen molar-refractivity contribution in [2.24, 2.45) is 0 Å². The number of thioether (sulfide) groups is 1. The van der Waals surface area contributed by atoms with Crippen LogP contribution in [0.4, 0.5) is 5.69 Å². The molecule has 0 saturated heterocycles. The number of anilines is 1. The highest BCUT2D eigenvalue weighted by Gasteiger charge is 2.19. The zero-order valence-corrected chi connectivity index (χ0v) is 13.3. The van der Waals surface area contributed by atoms with Gasteiger partial charge >= 0.3 is 0 Å². The fraction of sp³-hybridized carbons (Fsp3) is 0.357. The zero-order valence-electron chi connectivity index (χ0n) is 11.7. The van der Waals surface area contributed by atoms with Crippen molar-refractivity contribution in [3.63, 3.8) is 0 Å². The summed E-state index contributed by atoms with van der Waals surface area (Å²) in [6.07, 6.45) is 0.751. The number of nitrogens with zero attached hydrogens (tertiary/aromatic N) is 2. The summed E-state index contributed by atoms with van der Waals surface area (Å²) in [5.74, 6) is 0.00852. The lowest BCUT2D eigenvalue weighted by Crippen LogP contribution is -2.24. The van der Waals surface area contributed by atoms with Gasteiger partial charge in [-0.25, -0.2) is 0 Å². The van der Waals surface area contributed by atoms with E-state index in [1.807, 2.05) is 45.0 Å². The molecule has 4 nitrogen and oxygen atoms in total. The van der Waals surface area contributed by atoms with Crippen LogP contribution in [0.3, 0.4) is 0 Å². The third-order valence-electron chi connectivity index (χ3n) is 2.73. The summed E-state index contributed by atoms with van der Waals surface area (Å²) in [5, 5.41) is 11.7. The number of aryl methyl sites for hydroxylation is 2. The molecule has 0 aliphatic heterocycles. The minimum absolute atomic E-state index is 0.00852. The van der Waals surface area contributed by atoms with Crippen molar-refractivity contribution in [1.29, 1.82) is 0 Å². The van der Waals surface area contributed by atoms with Crippen LogP contribution < -0.4 is 5.32 Å². The van der Waals surface area contributed by atoms with Crippen LogP contribution in [0.15, 0.2) is 28.6 Å². The average Bonchev–Trinajstić information content (AvgIpc) is 2.84. The summed E-state index contributed by atoms with van der Waals surface area (Å²) < 4.78 is 0.841. The Kier molecular flexibility index (Phi) is 5.14. The maximum atomic E-state index is 12.3. The molecular weight excluding hydrogens is 290 g/mol. The predicted molar refractivity (Wildman–Crippen MR) is 84.4 cm³/mol. The van der Waals surface area contributed by atoms with Crippen LogP contribution in [-0.2, 0) is 4.79 Å². The molecule has 0 saturated carbocycles. The van der Waals surface area contributed by atoms with Crippen molar-refractivity contribution < 1.29 is 4.79 Å². The molecule has 1 amide bonds. The number of nitrogens with one attached hydrogen (secondary N) is 1. The number of rotatable bonds is 5. The van der Waals surface area contributed by atoms with E-state index >= 15 is 0 Å². The van der Waals surface area contributed by atoms with Crippen LogP contribution in [-0.4, -0.2) is 21.4 Å². The Morgan fingerprint density at radius 3 is 2.55 bits per heavy atom. The third-order valence-corrected chi connectivity index (χ3v) is 5.02. The van der Waals surface area contributed by atoms with Crippen molar-refractivity contribution in [1.82, 2.24) is 10.2 Å². The number of hydrogen-bond donors (Lipinski definition) is 1. The lowest BCUT2D eigenvalue weighted by atomic mass is 10.2. The lowest BCUT2D eigenvalue weighted by Gasteiger charge is -2.13. The highest BCUT2D eigenvalue weighted by Crippen LogP contribution is 2.28. The van der Waals surface area contributed by atoms with Gasteiger partial charge in [0.15, 0.2) is 4.34 Å². The van der Waals surface area contributed by atoms with Crippen molar-refractivity contribution >= 4 is 34.7 Å². The first-order chi connectivity index (χ1) is 9.58. The molecule has 0 aliphatic carbocycles. The average molecular weight is 307 g/mol. The molecule has 0 spiro atoms. The predicted octanol–water partition coefficient (Wildman–Crippen LogP) is 3.66. The van der Waals surface area contributed by atoms with Gasteiger partial charge in [-0.15, -0.1) is 10.2 Å². The number of benzene rings is 1. The van der Waals surface area contributed by atoms with Crippen molar-refractivity contribution in [3.05, 3.63) is 34.8 Å². The second kappa shape index (κ2) is 6.85. The van der Waals surface area contributed by atoms with E-state index in [1.54, 1.807) is 0 Å². The first-order valence-corrected chi connectivity index (χ1v) is 8.12. The molecular formula is C14H17N3OS2. The first-order valence-electron chi connectivity index (χ1n) is 6.42. The fourth-order valence-electron chi connectivity index (χ4n) is 1.63. The smallest absolute Gasteiger partial charge is 0.237 e. The molecule has 0 aliphatic rings. The topological polar surface area (TPSA) is 54.9 Å². The maximum absolute atomic E-state index is 12.3. The Balaban J connectivity index is 2.00. The van der Waals surface area contributed by atoms with Crippen LogP contribution in [0.25, 0.3) is 0 Å². The Hall–Kier alpha value is -1.40. The second-order valence-electron chi connectivity index (χ2n) is 4.46. The van der Waals surface area contributed by atoms with E-state index < -0.39 is 0 Å². The van der Waals surface area contributed by atoms with Gasteiger partial charge in [-0.3, -0.25) is 4.79 Å². The van der Waals surface area contributed by atoms with Gasteiger partial charge in [0.25, 0.3) is 0 Å². The van der Waals surface area contributed by atoms with Crippen molar-refractivity contribution in [2.75, 3.05) is 5.32 Å². The Morgan fingerprint density at radius 2 is 2.00 bits per heavy atom. The van der Waals surface area contributed by atoms with Crippen LogP contribution in [0.1, 0.15) is 23.9 Å². The summed E-state index contributed by atoms with van der Waals surface area (Å²) in [6.45, 7) is 5.93. The molecule has 0 radical (unpaired) electrons. The lowest BCUT2D eigenvalue weighted by molar-refractivity contribution is -0.115. The summed E-state index contributed by atoms with van der Waals surface area (Å²) in [4.78, 5) is 12.3. The molecule has 0 bridgehead atoms. The van der Waals surface area contributed by atoms with Gasteiger partial charge in [-0.1, -0.05) is 47.7 Å². The molecule has 1 N–H and O–H groups in total. The van der Waals surface area contributed by atoms with E-state index in [0.29, 0.717) is 0 Å². The highest BCUT2D eigenvalue weighted by atomic mass is 32.2. The monoisotopic (exact) mass is 307 g/mol. The van der Waals surface area contributed by atoms with Gasteiger partial charge in [0, 0.05) is 5.69 Å². The maximum Gasteiger partial charge on any atom is 0.237 e. The summed E-state index contributed by atoms with van der Waals surface area (Å²) >= 11 is 2.99. The molecule has 1 atom stereocenters. The molecule has 0 fully saturated rings. The second-order valence-corrected chi connectivity index (χ2v) is 7.09. The van der Waals surface area contributed by atoms with Crippen LogP contribution in [0.2, 0.25) is 0 Å². The molecule has 1 aromatic heterocycles. The van der Waals surface area contributed by atoms with Gasteiger partial charge in [-0.05, 0) is 32.4 Å². The molecule has 1 unspecified atom stereocenters. The molecule has 1 heterocycles. The van der Waals surface area contributed by atoms with Crippen molar-refractivity contribution in [2.45, 2.75) is 36.8 Å². The molecule has 6 heteroatoms. The molecule has 106 valence electrons. The standard InChI is InChI=1S/C14H17N3OS2/c1-4-12(20-14-17-16-10(3)19-14)13(18)15-11-7-5-9(2)6-8-11/h5-8,12H,4H2,1-3H3,(H,15,18). The summed E-state index contributed by atoms with van der Waals surface area (Å²) in [7, 11) is 0.